The van der Waals surface area contributed by atoms with Crippen LogP contribution in [0.3, 0.4) is 0 Å². The van der Waals surface area contributed by atoms with Crippen molar-refractivity contribution >= 4 is 17.8 Å². The van der Waals surface area contributed by atoms with Crippen molar-refractivity contribution in [3.8, 4) is 6.07 Å². The molecule has 0 bridgehead atoms. The molecule has 0 aliphatic carbocycles. The minimum atomic E-state index is -1.09. The van der Waals surface area contributed by atoms with Crippen molar-refractivity contribution < 1.29 is 9.90 Å². The van der Waals surface area contributed by atoms with Crippen molar-refractivity contribution in [3.63, 3.8) is 0 Å². The highest BCUT2D eigenvalue weighted by Crippen LogP contribution is 2.10. The maximum absolute atomic E-state index is 10.6. The Morgan fingerprint density at radius 1 is 1.53 bits per heavy atom. The van der Waals surface area contributed by atoms with E-state index in [0.717, 1.165) is 0 Å². The number of carboxylic acids is 1. The first-order valence-corrected chi connectivity index (χ1v) is 4.56. The highest BCUT2D eigenvalue weighted by molar-refractivity contribution is 6.09. The van der Waals surface area contributed by atoms with Crippen LogP contribution in [0.5, 0.6) is 0 Å². The van der Waals surface area contributed by atoms with Crippen molar-refractivity contribution in [2.24, 2.45) is 4.99 Å². The summed E-state index contributed by atoms with van der Waals surface area (Å²) in [5.74, 6) is -1.09. The summed E-state index contributed by atoms with van der Waals surface area (Å²) in [5.41, 5.74) is 1.18. The number of hydrogen-bond donors (Lipinski definition) is 1. The minimum absolute atomic E-state index is 0.0417. The van der Waals surface area contributed by atoms with Gasteiger partial charge in [-0.1, -0.05) is 19.2 Å². The largest absolute Gasteiger partial charge is 0.477 e. The van der Waals surface area contributed by atoms with Gasteiger partial charge in [-0.25, -0.2) is 14.8 Å². The molecule has 1 rings (SSSR count). The number of nitriles is 1. The number of pyridine rings is 1. The topological polar surface area (TPSA) is 86.3 Å². The van der Waals surface area contributed by atoms with Gasteiger partial charge in [0.1, 0.15) is 17.5 Å². The van der Waals surface area contributed by atoms with Gasteiger partial charge in [-0.15, -0.1) is 0 Å². The van der Waals surface area contributed by atoms with Gasteiger partial charge in [0.15, 0.2) is 0 Å². The Kier molecular flexibility index (Phi) is 3.90. The van der Waals surface area contributed by atoms with Crippen LogP contribution in [0, 0.1) is 11.3 Å². The Morgan fingerprint density at radius 3 is 2.71 bits per heavy atom. The molecule has 0 unspecified atom stereocenters. The SMILES string of the molecule is C=C(C#N)/N=C/C(=C)c1ccc(C(=O)O)nc1. The molecule has 0 saturated carbocycles. The molecule has 0 radical (unpaired) electrons. The summed E-state index contributed by atoms with van der Waals surface area (Å²) in [6, 6.07) is 4.71. The normalized spacial score (nSPS) is 9.82. The number of rotatable bonds is 4. The summed E-state index contributed by atoms with van der Waals surface area (Å²) < 4.78 is 0. The number of aliphatic imine (C=N–C) groups is 1. The summed E-state index contributed by atoms with van der Waals surface area (Å²) >= 11 is 0. The van der Waals surface area contributed by atoms with Gasteiger partial charge in [0.25, 0.3) is 0 Å². The van der Waals surface area contributed by atoms with E-state index in [9.17, 15) is 4.79 Å². The van der Waals surface area contributed by atoms with Crippen LogP contribution in [-0.2, 0) is 0 Å². The number of carbonyl (C=O) groups is 1. The van der Waals surface area contributed by atoms with Crippen LogP contribution in [0.1, 0.15) is 16.1 Å². The lowest BCUT2D eigenvalue weighted by Gasteiger charge is -1.99. The van der Waals surface area contributed by atoms with Gasteiger partial charge in [-0.05, 0) is 11.6 Å². The lowest BCUT2D eigenvalue weighted by molar-refractivity contribution is 0.0690. The molecule has 0 aliphatic heterocycles. The fraction of sp³-hybridized carbons (Fsp3) is 0. The highest BCUT2D eigenvalue weighted by Gasteiger charge is 2.04. The first-order chi connectivity index (χ1) is 8.04. The molecule has 0 atom stereocenters. The van der Waals surface area contributed by atoms with E-state index in [-0.39, 0.29) is 11.4 Å². The maximum Gasteiger partial charge on any atom is 0.354 e. The zero-order chi connectivity index (χ0) is 12.8. The van der Waals surface area contributed by atoms with Crippen LogP contribution in [0.4, 0.5) is 0 Å². The second-order valence-electron chi connectivity index (χ2n) is 3.08. The van der Waals surface area contributed by atoms with E-state index in [4.69, 9.17) is 10.4 Å². The van der Waals surface area contributed by atoms with Crippen LogP contribution in [-0.4, -0.2) is 22.3 Å². The van der Waals surface area contributed by atoms with Gasteiger partial charge < -0.3 is 5.11 Å². The van der Waals surface area contributed by atoms with E-state index in [2.05, 4.69) is 23.1 Å². The zero-order valence-corrected chi connectivity index (χ0v) is 8.92. The number of nitrogens with zero attached hydrogens (tertiary/aromatic N) is 3. The molecule has 0 saturated heterocycles. The number of carboxylic acid groups (broad SMARTS) is 1. The quantitative estimate of drug-likeness (QED) is 0.628. The number of aromatic carboxylic acids is 1. The standard InChI is InChI=1S/C12H9N3O2/c1-8(6-14-9(2)5-13)10-3-4-11(12(16)17)15-7-10/h3-4,6-7H,1-2H2,(H,16,17)/b14-6+. The Labute approximate surface area is 98.1 Å². The second kappa shape index (κ2) is 5.37. The third kappa shape index (κ3) is 3.39. The molecule has 5 heteroatoms. The van der Waals surface area contributed by atoms with Crippen molar-refractivity contribution in [2.75, 3.05) is 0 Å². The van der Waals surface area contributed by atoms with Gasteiger partial charge in [-0.2, -0.15) is 5.26 Å². The van der Waals surface area contributed by atoms with Crippen LogP contribution < -0.4 is 0 Å². The third-order valence-corrected chi connectivity index (χ3v) is 1.86. The molecule has 17 heavy (non-hydrogen) atoms. The number of aromatic nitrogens is 1. The second-order valence-corrected chi connectivity index (χ2v) is 3.08. The van der Waals surface area contributed by atoms with Gasteiger partial charge in [0.2, 0.25) is 0 Å². The summed E-state index contributed by atoms with van der Waals surface area (Å²) in [6.45, 7) is 7.10. The smallest absolute Gasteiger partial charge is 0.354 e. The molecule has 0 amide bonds. The van der Waals surface area contributed by atoms with Gasteiger partial charge >= 0.3 is 5.97 Å². The molecular weight excluding hydrogens is 218 g/mol. The van der Waals surface area contributed by atoms with Gasteiger partial charge in [-0.3, -0.25) is 0 Å². The highest BCUT2D eigenvalue weighted by atomic mass is 16.4. The molecule has 1 N–H and O–H groups in total. The van der Waals surface area contributed by atoms with Gasteiger partial charge in [0, 0.05) is 18.0 Å². The minimum Gasteiger partial charge on any atom is -0.477 e. The van der Waals surface area contributed by atoms with E-state index < -0.39 is 5.97 Å². The molecule has 1 heterocycles. The van der Waals surface area contributed by atoms with Crippen LogP contribution >= 0.6 is 0 Å². The molecule has 0 fully saturated rings. The van der Waals surface area contributed by atoms with Crippen LogP contribution in [0.2, 0.25) is 0 Å². The number of allylic oxidation sites excluding steroid dienone is 2. The predicted molar refractivity (Wildman–Crippen MR) is 63.5 cm³/mol. The Balaban J connectivity index is 2.84. The fourth-order valence-corrected chi connectivity index (χ4v) is 0.970. The van der Waals surface area contributed by atoms with Crippen molar-refractivity contribution in [1.29, 1.82) is 5.26 Å². The molecule has 1 aromatic rings. The average molecular weight is 227 g/mol. The van der Waals surface area contributed by atoms with Crippen LogP contribution in [0.25, 0.3) is 5.57 Å². The molecule has 0 aliphatic rings. The van der Waals surface area contributed by atoms with Crippen molar-refractivity contribution in [3.05, 3.63) is 48.4 Å². The van der Waals surface area contributed by atoms with E-state index >= 15 is 0 Å². The molecule has 1 aromatic heterocycles. The van der Waals surface area contributed by atoms with Crippen molar-refractivity contribution in [1.82, 2.24) is 4.98 Å². The van der Waals surface area contributed by atoms with Crippen LogP contribution in [0.15, 0.2) is 42.2 Å². The first-order valence-electron chi connectivity index (χ1n) is 4.56. The summed E-state index contributed by atoms with van der Waals surface area (Å²) in [6.07, 6.45) is 2.76. The van der Waals surface area contributed by atoms with Gasteiger partial charge in [0.05, 0.1) is 0 Å². The van der Waals surface area contributed by atoms with E-state index in [1.807, 2.05) is 0 Å². The maximum atomic E-state index is 10.6. The fourth-order valence-electron chi connectivity index (χ4n) is 0.970. The summed E-state index contributed by atoms with van der Waals surface area (Å²) in [4.78, 5) is 18.1. The Hall–Kier alpha value is -2.74. The Morgan fingerprint density at radius 2 is 2.24 bits per heavy atom. The lowest BCUT2D eigenvalue weighted by atomic mass is 10.1. The van der Waals surface area contributed by atoms with Crippen molar-refractivity contribution in [2.45, 2.75) is 0 Å². The molecule has 0 aromatic carbocycles. The summed E-state index contributed by atoms with van der Waals surface area (Å²) in [7, 11) is 0. The molecule has 84 valence electrons. The van der Waals surface area contributed by atoms with E-state index in [1.165, 1.54) is 18.5 Å². The first kappa shape index (κ1) is 12.3. The van der Waals surface area contributed by atoms with E-state index in [1.54, 1.807) is 12.1 Å². The molecular formula is C12H9N3O2. The summed E-state index contributed by atoms with van der Waals surface area (Å²) in [5, 5.41) is 17.1. The monoisotopic (exact) mass is 227 g/mol. The molecule has 0 spiro atoms. The third-order valence-electron chi connectivity index (χ3n) is 1.86. The predicted octanol–water partition coefficient (Wildman–Crippen LogP) is 1.90. The zero-order valence-electron chi connectivity index (χ0n) is 8.92. The molecule has 5 nitrogen and oxygen atoms in total. The average Bonchev–Trinajstić information content (AvgIpc) is 2.35. The van der Waals surface area contributed by atoms with E-state index in [0.29, 0.717) is 11.1 Å². The number of hydrogen-bond acceptors (Lipinski definition) is 4. The lowest BCUT2D eigenvalue weighted by Crippen LogP contribution is -2.00. The Bertz CT molecular complexity index is 536.